The summed E-state index contributed by atoms with van der Waals surface area (Å²) >= 11 is 2.24. The first-order chi connectivity index (χ1) is 17.8. The number of nitrogens with zero attached hydrogens (tertiary/aromatic N) is 1. The molecule has 3 aromatic carbocycles. The summed E-state index contributed by atoms with van der Waals surface area (Å²) in [6.07, 6.45) is 1.49. The average molecular weight is 615 g/mol. The van der Waals surface area contributed by atoms with Crippen molar-refractivity contribution in [1.29, 1.82) is 0 Å². The lowest BCUT2D eigenvalue weighted by atomic mass is 10.1. The molecule has 2 N–H and O–H groups in total. The number of hydrogen-bond donors (Lipinski definition) is 2. The quantitative estimate of drug-likeness (QED) is 0.202. The van der Waals surface area contributed by atoms with Gasteiger partial charge < -0.3 is 20.1 Å². The molecule has 8 nitrogen and oxygen atoms in total. The summed E-state index contributed by atoms with van der Waals surface area (Å²) in [6.45, 7) is 2.04. The summed E-state index contributed by atoms with van der Waals surface area (Å²) in [6, 6.07) is 18.0. The van der Waals surface area contributed by atoms with E-state index in [1.807, 2.05) is 31.2 Å². The smallest absolute Gasteiger partial charge is 0.329 e. The Morgan fingerprint density at radius 2 is 1.81 bits per heavy atom. The van der Waals surface area contributed by atoms with Crippen LogP contribution >= 0.6 is 22.6 Å². The lowest BCUT2D eigenvalue weighted by molar-refractivity contribution is -0.127. The lowest BCUT2D eigenvalue weighted by Crippen LogP contribution is -2.38. The van der Waals surface area contributed by atoms with Gasteiger partial charge in [0.1, 0.15) is 24.7 Å². The van der Waals surface area contributed by atoms with Gasteiger partial charge in [0.2, 0.25) is 5.91 Å². The second kappa shape index (κ2) is 11.9. The highest BCUT2D eigenvalue weighted by atomic mass is 127. The van der Waals surface area contributed by atoms with Crippen LogP contribution in [0.25, 0.3) is 6.08 Å². The maximum Gasteiger partial charge on any atom is 0.329 e. The van der Waals surface area contributed by atoms with E-state index in [-0.39, 0.29) is 11.4 Å². The van der Waals surface area contributed by atoms with Crippen molar-refractivity contribution in [2.45, 2.75) is 13.5 Å². The molecule has 190 valence electrons. The number of urea groups is 1. The predicted molar refractivity (Wildman–Crippen MR) is 144 cm³/mol. The third-order valence-corrected chi connectivity index (χ3v) is 6.02. The monoisotopic (exact) mass is 615 g/mol. The van der Waals surface area contributed by atoms with Crippen LogP contribution < -0.4 is 20.1 Å². The van der Waals surface area contributed by atoms with E-state index in [1.165, 1.54) is 24.3 Å². The number of anilines is 1. The van der Waals surface area contributed by atoms with Crippen LogP contribution in [0.15, 0.2) is 72.4 Å². The van der Waals surface area contributed by atoms with Crippen molar-refractivity contribution in [3.05, 3.63) is 92.9 Å². The van der Waals surface area contributed by atoms with E-state index in [2.05, 4.69) is 33.2 Å². The van der Waals surface area contributed by atoms with Gasteiger partial charge in [-0.05, 0) is 83.1 Å². The molecule has 10 heteroatoms. The first kappa shape index (κ1) is 26.1. The first-order valence-electron chi connectivity index (χ1n) is 11.4. The fourth-order valence-electron chi connectivity index (χ4n) is 3.52. The molecule has 0 aliphatic carbocycles. The molecule has 1 heterocycles. The van der Waals surface area contributed by atoms with Gasteiger partial charge in [0.05, 0.1) is 12.3 Å². The lowest BCUT2D eigenvalue weighted by Gasteiger charge is -2.13. The zero-order valence-corrected chi connectivity index (χ0v) is 22.0. The topological polar surface area (TPSA) is 97.0 Å². The third-order valence-electron chi connectivity index (χ3n) is 5.30. The van der Waals surface area contributed by atoms with Gasteiger partial charge in [0, 0.05) is 3.57 Å². The van der Waals surface area contributed by atoms with Gasteiger partial charge in [-0.2, -0.15) is 0 Å². The minimum Gasteiger partial charge on any atom is -0.490 e. The highest BCUT2D eigenvalue weighted by molar-refractivity contribution is 14.1. The number of imide groups is 1. The van der Waals surface area contributed by atoms with Crippen molar-refractivity contribution in [2.75, 3.05) is 18.5 Å². The second-order valence-corrected chi connectivity index (χ2v) is 9.21. The Kier molecular flexibility index (Phi) is 8.39. The Labute approximate surface area is 226 Å². The van der Waals surface area contributed by atoms with Crippen molar-refractivity contribution in [1.82, 2.24) is 10.2 Å². The van der Waals surface area contributed by atoms with Gasteiger partial charge in [0.15, 0.2) is 11.5 Å². The fraction of sp³-hybridized carbons (Fsp3) is 0.148. The van der Waals surface area contributed by atoms with E-state index < -0.39 is 30.2 Å². The van der Waals surface area contributed by atoms with E-state index in [0.29, 0.717) is 30.3 Å². The zero-order valence-electron chi connectivity index (χ0n) is 19.8. The van der Waals surface area contributed by atoms with Crippen LogP contribution in [0.5, 0.6) is 11.5 Å². The van der Waals surface area contributed by atoms with Gasteiger partial charge >= 0.3 is 6.03 Å². The van der Waals surface area contributed by atoms with Crippen LogP contribution in [-0.2, 0) is 16.2 Å². The minimum absolute atomic E-state index is 0.00121. The van der Waals surface area contributed by atoms with Crippen molar-refractivity contribution >= 4 is 52.2 Å². The van der Waals surface area contributed by atoms with Crippen molar-refractivity contribution in [3.8, 4) is 11.5 Å². The normalized spacial score (nSPS) is 14.0. The molecule has 0 spiro atoms. The molecule has 37 heavy (non-hydrogen) atoms. The minimum atomic E-state index is -0.748. The number of ether oxygens (including phenoxy) is 2. The van der Waals surface area contributed by atoms with E-state index >= 15 is 0 Å². The SMILES string of the molecule is CCOc1cc(/C=C2/NC(=O)N(CC(=O)Nc3ccccc3F)C2=O)ccc1OCc1ccc(I)cc1. The number of amides is 4. The van der Waals surface area contributed by atoms with E-state index in [0.717, 1.165) is 14.0 Å². The molecule has 0 bridgehead atoms. The molecule has 0 saturated carbocycles. The number of nitrogens with one attached hydrogen (secondary N) is 2. The predicted octanol–water partition coefficient (Wildman–Crippen LogP) is 4.94. The number of benzene rings is 3. The number of carbonyl (C=O) groups is 3. The molecule has 1 saturated heterocycles. The molecule has 1 aliphatic heterocycles. The highest BCUT2D eigenvalue weighted by Gasteiger charge is 2.35. The molecule has 1 aliphatic rings. The Hall–Kier alpha value is -3.93. The first-order valence-corrected chi connectivity index (χ1v) is 12.4. The second-order valence-electron chi connectivity index (χ2n) is 7.96. The number of hydrogen-bond acceptors (Lipinski definition) is 5. The van der Waals surface area contributed by atoms with Crippen molar-refractivity contribution in [3.63, 3.8) is 0 Å². The summed E-state index contributed by atoms with van der Waals surface area (Å²) in [5.74, 6) is -0.977. The standard InChI is InChI=1S/C27H23FIN3O5/c1-2-36-24-14-18(9-12-23(24)37-16-17-7-10-19(29)11-8-17)13-22-26(34)32(27(35)31-22)15-25(33)30-21-6-4-3-5-20(21)28/h3-14H,2,15-16H2,1H3,(H,30,33)(H,31,35)/b22-13+. The van der Waals surface area contributed by atoms with Crippen LogP contribution in [0.4, 0.5) is 14.9 Å². The fourth-order valence-corrected chi connectivity index (χ4v) is 3.88. The molecule has 3 aromatic rings. The van der Waals surface area contributed by atoms with Crippen LogP contribution in [0.1, 0.15) is 18.1 Å². The maximum absolute atomic E-state index is 13.8. The summed E-state index contributed by atoms with van der Waals surface area (Å²) in [5, 5.41) is 4.83. The highest BCUT2D eigenvalue weighted by Crippen LogP contribution is 2.30. The van der Waals surface area contributed by atoms with Gasteiger partial charge in [-0.15, -0.1) is 0 Å². The molecule has 0 aromatic heterocycles. The summed E-state index contributed by atoms with van der Waals surface area (Å²) in [5.41, 5.74) is 1.56. The number of halogens is 2. The van der Waals surface area contributed by atoms with Crippen molar-refractivity contribution in [2.24, 2.45) is 0 Å². The third kappa shape index (κ3) is 6.64. The largest absolute Gasteiger partial charge is 0.490 e. The average Bonchev–Trinajstić information content (AvgIpc) is 3.13. The zero-order chi connectivity index (χ0) is 26.4. The van der Waals surface area contributed by atoms with Crippen LogP contribution in [-0.4, -0.2) is 35.9 Å². The molecular weight excluding hydrogens is 592 g/mol. The molecule has 4 amide bonds. The van der Waals surface area contributed by atoms with Gasteiger partial charge in [-0.1, -0.05) is 30.3 Å². The Balaban J connectivity index is 1.45. The Morgan fingerprint density at radius 3 is 2.54 bits per heavy atom. The molecule has 1 fully saturated rings. The van der Waals surface area contributed by atoms with E-state index in [9.17, 15) is 18.8 Å². The van der Waals surface area contributed by atoms with Gasteiger partial charge in [-0.25, -0.2) is 14.1 Å². The Bertz CT molecular complexity index is 1360. The maximum atomic E-state index is 13.8. The molecule has 4 rings (SSSR count). The summed E-state index contributed by atoms with van der Waals surface area (Å²) < 4.78 is 26.6. The van der Waals surface area contributed by atoms with Crippen LogP contribution in [0.3, 0.4) is 0 Å². The molecular formula is C27H23FIN3O5. The summed E-state index contributed by atoms with van der Waals surface area (Å²) in [4.78, 5) is 38.2. The number of rotatable bonds is 9. The van der Waals surface area contributed by atoms with Gasteiger partial charge in [-0.3, -0.25) is 9.59 Å². The van der Waals surface area contributed by atoms with Crippen LogP contribution in [0, 0.1) is 9.39 Å². The molecule has 0 radical (unpaired) electrons. The van der Waals surface area contributed by atoms with Crippen LogP contribution in [0.2, 0.25) is 0 Å². The molecule has 0 atom stereocenters. The number of carbonyl (C=O) groups excluding carboxylic acids is 3. The van der Waals surface area contributed by atoms with E-state index in [4.69, 9.17) is 9.47 Å². The van der Waals surface area contributed by atoms with Crippen molar-refractivity contribution < 1.29 is 28.2 Å². The molecule has 0 unspecified atom stereocenters. The van der Waals surface area contributed by atoms with Gasteiger partial charge in [0.25, 0.3) is 5.91 Å². The Morgan fingerprint density at radius 1 is 1.05 bits per heavy atom. The summed E-state index contributed by atoms with van der Waals surface area (Å²) in [7, 11) is 0. The van der Waals surface area contributed by atoms with E-state index in [1.54, 1.807) is 24.3 Å². The number of para-hydroxylation sites is 1.